The van der Waals surface area contributed by atoms with Crippen molar-refractivity contribution in [3.63, 3.8) is 0 Å². The molecule has 2 heteroatoms. The van der Waals surface area contributed by atoms with Crippen LogP contribution in [0.3, 0.4) is 0 Å². The first-order valence-corrected chi connectivity index (χ1v) is 12.1. The number of carbonyl (C=O) groups is 1. The summed E-state index contributed by atoms with van der Waals surface area (Å²) in [5.41, 5.74) is 0. The molecule has 27 heavy (non-hydrogen) atoms. The molecular formula is C25H48O2. The Bertz CT molecular complexity index is 335. The van der Waals surface area contributed by atoms with Gasteiger partial charge >= 0.3 is 5.97 Å². The zero-order valence-electron chi connectivity index (χ0n) is 18.5. The third-order valence-corrected chi connectivity index (χ3v) is 5.57. The maximum Gasteiger partial charge on any atom is 0.306 e. The number of hydrogen-bond donors (Lipinski definition) is 1. The first-order valence-electron chi connectivity index (χ1n) is 12.1. The summed E-state index contributed by atoms with van der Waals surface area (Å²) >= 11 is 0. The van der Waals surface area contributed by atoms with E-state index in [1.165, 1.54) is 109 Å². The number of aliphatic carboxylic acids is 1. The van der Waals surface area contributed by atoms with Crippen molar-refractivity contribution in [2.75, 3.05) is 0 Å². The summed E-state index contributed by atoms with van der Waals surface area (Å²) in [7, 11) is 0. The highest BCUT2D eigenvalue weighted by atomic mass is 16.4. The molecule has 0 aliphatic carbocycles. The first-order chi connectivity index (χ1) is 13.2. The second-order valence-electron chi connectivity index (χ2n) is 8.38. The van der Waals surface area contributed by atoms with Crippen LogP contribution in [0, 0.1) is 5.92 Å². The van der Waals surface area contributed by atoms with Gasteiger partial charge in [0.15, 0.2) is 0 Å². The Labute approximate surface area is 170 Å². The van der Waals surface area contributed by atoms with E-state index in [9.17, 15) is 4.79 Å². The van der Waals surface area contributed by atoms with Gasteiger partial charge in [-0.1, -0.05) is 116 Å². The third kappa shape index (κ3) is 21.4. The molecule has 2 nitrogen and oxygen atoms in total. The van der Waals surface area contributed by atoms with Crippen LogP contribution in [-0.2, 0) is 4.79 Å². The van der Waals surface area contributed by atoms with Crippen molar-refractivity contribution in [3.05, 3.63) is 12.2 Å². The quantitative estimate of drug-likeness (QED) is 0.160. The Balaban J connectivity index is 3.11. The standard InChI is InChI=1S/C25H48O2/c1-3-4-5-6-7-8-9-10-11-12-13-14-15-16-17-18-19-20-21-22-23-24(2)25(26)27/h8-9,24H,3-7,10-23H2,1-2H3,(H,26,27). The summed E-state index contributed by atoms with van der Waals surface area (Å²) in [6, 6.07) is 0. The van der Waals surface area contributed by atoms with Gasteiger partial charge < -0.3 is 5.11 Å². The van der Waals surface area contributed by atoms with Gasteiger partial charge in [-0.15, -0.1) is 0 Å². The van der Waals surface area contributed by atoms with Crippen molar-refractivity contribution >= 4 is 5.97 Å². The molecule has 0 saturated heterocycles. The average molecular weight is 381 g/mol. The van der Waals surface area contributed by atoms with E-state index in [0.717, 1.165) is 12.8 Å². The molecule has 0 heterocycles. The molecule has 0 amide bonds. The average Bonchev–Trinajstić information content (AvgIpc) is 2.66. The summed E-state index contributed by atoms with van der Waals surface area (Å²) < 4.78 is 0. The summed E-state index contributed by atoms with van der Waals surface area (Å²) in [5.74, 6) is -0.819. The summed E-state index contributed by atoms with van der Waals surface area (Å²) in [6.45, 7) is 4.08. The van der Waals surface area contributed by atoms with E-state index >= 15 is 0 Å². The second kappa shape index (κ2) is 21.5. The van der Waals surface area contributed by atoms with E-state index in [2.05, 4.69) is 19.1 Å². The van der Waals surface area contributed by atoms with Gasteiger partial charge in [-0.2, -0.15) is 0 Å². The molecule has 1 atom stereocenters. The maximum absolute atomic E-state index is 10.7. The van der Waals surface area contributed by atoms with Gasteiger partial charge in [0, 0.05) is 0 Å². The van der Waals surface area contributed by atoms with Gasteiger partial charge in [0.05, 0.1) is 5.92 Å². The van der Waals surface area contributed by atoms with Crippen LogP contribution in [0.1, 0.15) is 136 Å². The van der Waals surface area contributed by atoms with E-state index < -0.39 is 5.97 Å². The van der Waals surface area contributed by atoms with Crippen LogP contribution in [0.4, 0.5) is 0 Å². The van der Waals surface area contributed by atoms with Gasteiger partial charge in [-0.25, -0.2) is 0 Å². The van der Waals surface area contributed by atoms with Crippen molar-refractivity contribution < 1.29 is 9.90 Å². The number of hydrogen-bond acceptors (Lipinski definition) is 1. The van der Waals surface area contributed by atoms with Crippen LogP contribution in [0.5, 0.6) is 0 Å². The second-order valence-corrected chi connectivity index (χ2v) is 8.38. The van der Waals surface area contributed by atoms with Crippen LogP contribution in [0.2, 0.25) is 0 Å². The van der Waals surface area contributed by atoms with Crippen molar-refractivity contribution in [3.8, 4) is 0 Å². The van der Waals surface area contributed by atoms with Gasteiger partial charge in [0.2, 0.25) is 0 Å². The van der Waals surface area contributed by atoms with E-state index in [-0.39, 0.29) is 5.92 Å². The van der Waals surface area contributed by atoms with E-state index in [4.69, 9.17) is 5.11 Å². The van der Waals surface area contributed by atoms with Crippen molar-refractivity contribution in [1.82, 2.24) is 0 Å². The molecule has 0 spiro atoms. The van der Waals surface area contributed by atoms with Crippen LogP contribution in [0.15, 0.2) is 12.2 Å². The Kier molecular flexibility index (Phi) is 20.9. The molecular weight excluding hydrogens is 332 g/mol. The molecule has 0 bridgehead atoms. The maximum atomic E-state index is 10.7. The fourth-order valence-electron chi connectivity index (χ4n) is 3.53. The van der Waals surface area contributed by atoms with Gasteiger partial charge in [0.1, 0.15) is 0 Å². The van der Waals surface area contributed by atoms with E-state index in [1.54, 1.807) is 0 Å². The first kappa shape index (κ1) is 26.2. The molecule has 0 rings (SSSR count). The fourth-order valence-corrected chi connectivity index (χ4v) is 3.53. The molecule has 160 valence electrons. The number of unbranched alkanes of at least 4 members (excludes halogenated alkanes) is 16. The minimum Gasteiger partial charge on any atom is -0.481 e. The topological polar surface area (TPSA) is 37.3 Å². The number of carboxylic acid groups (broad SMARTS) is 1. The number of carboxylic acids is 1. The molecule has 0 aliphatic rings. The zero-order chi connectivity index (χ0) is 20.0. The highest BCUT2D eigenvalue weighted by Gasteiger charge is 2.09. The normalized spacial score (nSPS) is 12.7. The molecule has 0 saturated carbocycles. The highest BCUT2D eigenvalue weighted by Crippen LogP contribution is 2.15. The lowest BCUT2D eigenvalue weighted by atomic mass is 10.0. The molecule has 0 aromatic carbocycles. The van der Waals surface area contributed by atoms with E-state index in [1.807, 2.05) is 6.92 Å². The minimum absolute atomic E-state index is 0.170. The summed E-state index contributed by atoms with van der Waals surface area (Å²) in [4.78, 5) is 10.7. The van der Waals surface area contributed by atoms with Crippen LogP contribution < -0.4 is 0 Å². The van der Waals surface area contributed by atoms with Crippen LogP contribution >= 0.6 is 0 Å². The Morgan fingerprint density at radius 1 is 0.667 bits per heavy atom. The van der Waals surface area contributed by atoms with E-state index in [0.29, 0.717) is 0 Å². The Morgan fingerprint density at radius 2 is 1.04 bits per heavy atom. The number of rotatable bonds is 21. The molecule has 0 aliphatic heterocycles. The lowest BCUT2D eigenvalue weighted by molar-refractivity contribution is -0.141. The fraction of sp³-hybridized carbons (Fsp3) is 0.880. The summed E-state index contributed by atoms with van der Waals surface area (Å²) in [6.07, 6.45) is 29.7. The Hall–Kier alpha value is -0.790. The van der Waals surface area contributed by atoms with Crippen LogP contribution in [0.25, 0.3) is 0 Å². The zero-order valence-corrected chi connectivity index (χ0v) is 18.5. The lowest BCUT2D eigenvalue weighted by Crippen LogP contribution is -2.08. The van der Waals surface area contributed by atoms with Crippen molar-refractivity contribution in [2.45, 2.75) is 136 Å². The third-order valence-electron chi connectivity index (χ3n) is 5.57. The minimum atomic E-state index is -0.649. The molecule has 1 unspecified atom stereocenters. The molecule has 0 aromatic heterocycles. The molecule has 0 radical (unpaired) electrons. The predicted octanol–water partition coefficient (Wildman–Crippen LogP) is 8.70. The SMILES string of the molecule is CCCCCCC=CCCCCCCCCCCCCCCC(C)C(=O)O. The van der Waals surface area contributed by atoms with Crippen molar-refractivity contribution in [1.29, 1.82) is 0 Å². The predicted molar refractivity (Wildman–Crippen MR) is 119 cm³/mol. The molecule has 1 N–H and O–H groups in total. The monoisotopic (exact) mass is 380 g/mol. The lowest BCUT2D eigenvalue weighted by Gasteiger charge is -2.05. The molecule has 0 fully saturated rings. The largest absolute Gasteiger partial charge is 0.481 e. The number of allylic oxidation sites excluding steroid dienone is 2. The smallest absolute Gasteiger partial charge is 0.306 e. The summed E-state index contributed by atoms with van der Waals surface area (Å²) in [5, 5.41) is 8.84. The van der Waals surface area contributed by atoms with Gasteiger partial charge in [-0.05, 0) is 32.1 Å². The van der Waals surface area contributed by atoms with Crippen molar-refractivity contribution in [2.24, 2.45) is 5.92 Å². The van der Waals surface area contributed by atoms with Gasteiger partial charge in [-0.3, -0.25) is 4.79 Å². The highest BCUT2D eigenvalue weighted by molar-refractivity contribution is 5.69. The van der Waals surface area contributed by atoms with Gasteiger partial charge in [0.25, 0.3) is 0 Å². The van der Waals surface area contributed by atoms with Crippen LogP contribution in [-0.4, -0.2) is 11.1 Å². The molecule has 0 aromatic rings. The Morgan fingerprint density at radius 3 is 1.44 bits per heavy atom.